The summed E-state index contributed by atoms with van der Waals surface area (Å²) in [5, 5.41) is 4.41. The summed E-state index contributed by atoms with van der Waals surface area (Å²) < 4.78 is 9.09. The monoisotopic (exact) mass is 642 g/mol. The maximum absolute atomic E-state index is 6.78. The Bertz CT molecular complexity index is 2770. The van der Waals surface area contributed by atoms with Crippen molar-refractivity contribution in [1.82, 2.24) is 19.5 Å². The van der Waals surface area contributed by atoms with E-state index in [9.17, 15) is 0 Å². The van der Waals surface area contributed by atoms with E-state index in [4.69, 9.17) is 19.4 Å². The van der Waals surface area contributed by atoms with Gasteiger partial charge in [-0.25, -0.2) is 15.0 Å². The third-order valence-electron chi connectivity index (χ3n) is 9.68. The lowest BCUT2D eigenvalue weighted by Gasteiger charge is -2.11. The predicted octanol–water partition coefficient (Wildman–Crippen LogP) is 11.6. The number of para-hydroxylation sites is 3. The standard InChI is InChI=1S/C45H30N4O/c1-3-14-29(15-4-1)31-18-11-19-32(28-31)44-46-43(30-16-5-2-6-17-30)47-45(48-44)36-23-13-27-40-41(36)35-22-12-26-39(42(35)50-40)49-37-24-9-7-20-33(37)34-21-8-10-25-38(34)49/h2-3,5-28H,1,4H2. The van der Waals surface area contributed by atoms with E-state index in [1.54, 1.807) is 0 Å². The first-order valence-corrected chi connectivity index (χ1v) is 17.0. The van der Waals surface area contributed by atoms with E-state index in [2.05, 4.69) is 120 Å². The van der Waals surface area contributed by atoms with Gasteiger partial charge in [0, 0.05) is 38.2 Å². The van der Waals surface area contributed by atoms with Crippen molar-refractivity contribution >= 4 is 49.3 Å². The lowest BCUT2D eigenvalue weighted by atomic mass is 9.98. The molecular formula is C45H30N4O. The van der Waals surface area contributed by atoms with Crippen molar-refractivity contribution in [3.8, 4) is 39.9 Å². The van der Waals surface area contributed by atoms with E-state index in [0.717, 1.165) is 73.8 Å². The van der Waals surface area contributed by atoms with Gasteiger partial charge in [-0.3, -0.25) is 0 Å². The van der Waals surface area contributed by atoms with Crippen LogP contribution in [0.15, 0.2) is 162 Å². The molecule has 0 N–H and O–H groups in total. The number of hydrogen-bond acceptors (Lipinski definition) is 4. The fourth-order valence-electron chi connectivity index (χ4n) is 7.38. The topological polar surface area (TPSA) is 56.7 Å². The van der Waals surface area contributed by atoms with Gasteiger partial charge in [0.2, 0.25) is 0 Å². The average Bonchev–Trinajstić information content (AvgIpc) is 3.75. The molecule has 0 aliphatic heterocycles. The zero-order valence-corrected chi connectivity index (χ0v) is 27.1. The Labute approximate surface area is 288 Å². The summed E-state index contributed by atoms with van der Waals surface area (Å²) in [7, 11) is 0. The van der Waals surface area contributed by atoms with Crippen molar-refractivity contribution < 1.29 is 4.42 Å². The Morgan fingerprint density at radius 1 is 0.520 bits per heavy atom. The number of nitrogens with zero attached hydrogens (tertiary/aromatic N) is 4. The second-order valence-corrected chi connectivity index (χ2v) is 12.7. The maximum Gasteiger partial charge on any atom is 0.164 e. The Kier molecular flexibility index (Phi) is 6.56. The molecule has 5 nitrogen and oxygen atoms in total. The van der Waals surface area contributed by atoms with Crippen LogP contribution < -0.4 is 0 Å². The summed E-state index contributed by atoms with van der Waals surface area (Å²) in [6.07, 6.45) is 8.86. The number of furan rings is 1. The minimum absolute atomic E-state index is 0.603. The molecular weight excluding hydrogens is 613 g/mol. The largest absolute Gasteiger partial charge is 0.454 e. The van der Waals surface area contributed by atoms with Gasteiger partial charge in [0.1, 0.15) is 5.58 Å². The minimum Gasteiger partial charge on any atom is -0.454 e. The van der Waals surface area contributed by atoms with Crippen LogP contribution in [0.2, 0.25) is 0 Å². The van der Waals surface area contributed by atoms with Crippen LogP contribution in [0.5, 0.6) is 0 Å². The summed E-state index contributed by atoms with van der Waals surface area (Å²) in [5.41, 5.74) is 10.0. The first-order chi connectivity index (χ1) is 24.8. The third-order valence-corrected chi connectivity index (χ3v) is 9.68. The molecule has 10 rings (SSSR count). The van der Waals surface area contributed by atoms with Gasteiger partial charge in [0.15, 0.2) is 23.1 Å². The highest BCUT2D eigenvalue weighted by atomic mass is 16.3. The number of aromatic nitrogens is 4. The van der Waals surface area contributed by atoms with Gasteiger partial charge in [-0.2, -0.15) is 0 Å². The highest BCUT2D eigenvalue weighted by Gasteiger charge is 2.21. The SMILES string of the molecule is C1=CC(c2cccc(-c3nc(-c4ccccc4)nc(-c4cccc5oc6c(-n7c8ccccc8c8ccccc87)cccc6c45)n3)c2)=CCC1. The third kappa shape index (κ3) is 4.59. The molecule has 1 aliphatic carbocycles. The van der Waals surface area contributed by atoms with E-state index in [-0.39, 0.29) is 0 Å². The molecule has 0 saturated carbocycles. The summed E-state index contributed by atoms with van der Waals surface area (Å²) in [6, 6.07) is 48.3. The van der Waals surface area contributed by atoms with Crippen molar-refractivity contribution in [2.45, 2.75) is 12.8 Å². The number of allylic oxidation sites excluding steroid dienone is 4. The zero-order chi connectivity index (χ0) is 33.0. The Hall–Kier alpha value is -6.59. The van der Waals surface area contributed by atoms with Gasteiger partial charge in [-0.15, -0.1) is 0 Å². The van der Waals surface area contributed by atoms with Gasteiger partial charge in [0.25, 0.3) is 0 Å². The average molecular weight is 643 g/mol. The normalized spacial score (nSPS) is 13.1. The number of fused-ring (bicyclic) bond motifs is 6. The smallest absolute Gasteiger partial charge is 0.164 e. The Morgan fingerprint density at radius 2 is 1.16 bits per heavy atom. The number of hydrogen-bond donors (Lipinski definition) is 0. The quantitative estimate of drug-likeness (QED) is 0.187. The van der Waals surface area contributed by atoms with Crippen LogP contribution in [-0.2, 0) is 0 Å². The van der Waals surface area contributed by atoms with E-state index < -0.39 is 0 Å². The van der Waals surface area contributed by atoms with E-state index in [1.165, 1.54) is 16.3 Å². The lowest BCUT2D eigenvalue weighted by Crippen LogP contribution is -2.00. The molecule has 0 fully saturated rings. The van der Waals surface area contributed by atoms with Crippen LogP contribution in [0.1, 0.15) is 18.4 Å². The van der Waals surface area contributed by atoms with Crippen LogP contribution >= 0.6 is 0 Å². The number of benzene rings is 6. The minimum atomic E-state index is 0.603. The summed E-state index contributed by atoms with van der Waals surface area (Å²) in [4.78, 5) is 15.3. The van der Waals surface area contributed by atoms with Crippen LogP contribution in [-0.4, -0.2) is 19.5 Å². The molecule has 6 aromatic carbocycles. The van der Waals surface area contributed by atoms with Gasteiger partial charge in [-0.1, -0.05) is 127 Å². The maximum atomic E-state index is 6.78. The molecule has 0 bridgehead atoms. The molecule has 0 radical (unpaired) electrons. The van der Waals surface area contributed by atoms with Crippen LogP contribution in [0.25, 0.3) is 89.2 Å². The van der Waals surface area contributed by atoms with Gasteiger partial charge < -0.3 is 8.98 Å². The molecule has 3 heterocycles. The highest BCUT2D eigenvalue weighted by Crippen LogP contribution is 2.41. The van der Waals surface area contributed by atoms with Crippen molar-refractivity contribution in [2.75, 3.05) is 0 Å². The molecule has 236 valence electrons. The number of rotatable bonds is 5. The summed E-state index contributed by atoms with van der Waals surface area (Å²) in [6.45, 7) is 0. The molecule has 50 heavy (non-hydrogen) atoms. The molecule has 0 atom stereocenters. The second kappa shape index (κ2) is 11.5. The Morgan fingerprint density at radius 3 is 1.94 bits per heavy atom. The Balaban J connectivity index is 1.20. The summed E-state index contributed by atoms with van der Waals surface area (Å²) in [5.74, 6) is 1.86. The fourth-order valence-corrected chi connectivity index (χ4v) is 7.38. The molecule has 0 spiro atoms. The predicted molar refractivity (Wildman–Crippen MR) is 204 cm³/mol. The highest BCUT2D eigenvalue weighted by molar-refractivity contribution is 6.15. The first kappa shape index (κ1) is 28.4. The van der Waals surface area contributed by atoms with Crippen molar-refractivity contribution in [2.24, 2.45) is 0 Å². The first-order valence-electron chi connectivity index (χ1n) is 17.0. The molecule has 0 saturated heterocycles. The van der Waals surface area contributed by atoms with Crippen molar-refractivity contribution in [3.63, 3.8) is 0 Å². The van der Waals surface area contributed by atoms with Crippen LogP contribution in [0, 0.1) is 0 Å². The summed E-state index contributed by atoms with van der Waals surface area (Å²) >= 11 is 0. The van der Waals surface area contributed by atoms with E-state index in [1.807, 2.05) is 42.5 Å². The van der Waals surface area contributed by atoms with Gasteiger partial charge >= 0.3 is 0 Å². The molecule has 0 amide bonds. The van der Waals surface area contributed by atoms with Gasteiger partial charge in [-0.05, 0) is 54.3 Å². The fraction of sp³-hybridized carbons (Fsp3) is 0.0444. The van der Waals surface area contributed by atoms with E-state index >= 15 is 0 Å². The van der Waals surface area contributed by atoms with E-state index in [0.29, 0.717) is 17.5 Å². The van der Waals surface area contributed by atoms with Crippen LogP contribution in [0.3, 0.4) is 0 Å². The molecule has 3 aromatic heterocycles. The zero-order valence-electron chi connectivity index (χ0n) is 27.1. The van der Waals surface area contributed by atoms with Crippen molar-refractivity contribution in [3.05, 3.63) is 163 Å². The molecule has 9 aromatic rings. The lowest BCUT2D eigenvalue weighted by molar-refractivity contribution is 0.666. The molecule has 1 aliphatic rings. The van der Waals surface area contributed by atoms with Crippen molar-refractivity contribution in [1.29, 1.82) is 0 Å². The molecule has 0 unspecified atom stereocenters. The second-order valence-electron chi connectivity index (χ2n) is 12.7. The van der Waals surface area contributed by atoms with Crippen LogP contribution in [0.4, 0.5) is 0 Å². The van der Waals surface area contributed by atoms with Gasteiger partial charge in [0.05, 0.1) is 16.7 Å². The molecule has 5 heteroatoms.